The molecule has 0 aliphatic carbocycles. The Morgan fingerprint density at radius 1 is 1.60 bits per heavy atom. The van der Waals surface area contributed by atoms with E-state index in [1.807, 2.05) is 0 Å². The summed E-state index contributed by atoms with van der Waals surface area (Å²) in [5.74, 6) is 0. The number of nitrogens with one attached hydrogen (secondary N) is 2. The van der Waals surface area contributed by atoms with Crippen molar-refractivity contribution in [1.29, 1.82) is 0 Å². The summed E-state index contributed by atoms with van der Waals surface area (Å²) in [7, 11) is 0. The van der Waals surface area contributed by atoms with E-state index in [0.29, 0.717) is 6.17 Å². The average molecular weight is 72.1 g/mol. The fourth-order valence-electron chi connectivity index (χ4n) is 0.263. The summed E-state index contributed by atoms with van der Waals surface area (Å²) in [4.78, 5) is 0. The van der Waals surface area contributed by atoms with Gasteiger partial charge in [0.05, 0.1) is 6.17 Å². The zero-order valence-corrected chi connectivity index (χ0v) is 3.28. The van der Waals surface area contributed by atoms with Crippen LogP contribution in [-0.2, 0) is 0 Å². The van der Waals surface area contributed by atoms with Crippen molar-refractivity contribution in [3.8, 4) is 0 Å². The molecule has 0 spiro atoms. The summed E-state index contributed by atoms with van der Waals surface area (Å²) in [6.45, 7) is 2.14. The van der Waals surface area contributed by atoms with Crippen LogP contribution in [0.2, 0.25) is 0 Å². The highest BCUT2D eigenvalue weighted by Crippen LogP contribution is 1.89. The summed E-state index contributed by atoms with van der Waals surface area (Å²) < 4.78 is 0. The van der Waals surface area contributed by atoms with Crippen LogP contribution in [0.1, 0.15) is 13.3 Å². The zero-order valence-electron chi connectivity index (χ0n) is 3.28. The quantitative estimate of drug-likeness (QED) is 0.422. The molecular weight excluding hydrogens is 64.0 g/mol. The molecule has 2 N–H and O–H groups in total. The molecule has 1 heterocycles. The van der Waals surface area contributed by atoms with E-state index in [9.17, 15) is 0 Å². The summed E-state index contributed by atoms with van der Waals surface area (Å²) in [6, 6.07) is 0. The maximum absolute atomic E-state index is 2.93. The van der Waals surface area contributed by atoms with Gasteiger partial charge in [-0.2, -0.15) is 0 Å². The number of hydrazine groups is 1. The molecular formula is C3H8N2. The van der Waals surface area contributed by atoms with Crippen molar-refractivity contribution in [2.45, 2.75) is 19.5 Å². The van der Waals surface area contributed by atoms with Crippen LogP contribution in [0.15, 0.2) is 0 Å². The summed E-state index contributed by atoms with van der Waals surface area (Å²) in [6.07, 6.45) is 1.83. The van der Waals surface area contributed by atoms with E-state index >= 15 is 0 Å². The number of rotatable bonds is 1. The molecule has 0 saturated carbocycles. The van der Waals surface area contributed by atoms with Gasteiger partial charge in [-0.15, -0.1) is 0 Å². The lowest BCUT2D eigenvalue weighted by Gasteiger charge is -1.69. The third kappa shape index (κ3) is 0.597. The molecule has 1 fully saturated rings. The minimum Gasteiger partial charge on any atom is -0.238 e. The first-order valence-electron chi connectivity index (χ1n) is 1.94. The van der Waals surface area contributed by atoms with Crippen LogP contribution < -0.4 is 10.9 Å². The smallest absolute Gasteiger partial charge is 0.0830 e. The van der Waals surface area contributed by atoms with E-state index in [1.54, 1.807) is 0 Å². The van der Waals surface area contributed by atoms with Gasteiger partial charge in [0.15, 0.2) is 0 Å². The molecule has 30 valence electrons. The van der Waals surface area contributed by atoms with E-state index in [-0.39, 0.29) is 0 Å². The molecule has 1 saturated heterocycles. The molecule has 5 heavy (non-hydrogen) atoms. The van der Waals surface area contributed by atoms with Crippen LogP contribution in [0.3, 0.4) is 0 Å². The van der Waals surface area contributed by atoms with Gasteiger partial charge >= 0.3 is 0 Å². The van der Waals surface area contributed by atoms with E-state index in [1.165, 1.54) is 6.42 Å². The highest BCUT2D eigenvalue weighted by molar-refractivity contribution is 4.66. The SMILES string of the molecule is CCC1NN1. The highest BCUT2D eigenvalue weighted by Gasteiger charge is 2.13. The summed E-state index contributed by atoms with van der Waals surface area (Å²) in [5.41, 5.74) is 5.87. The first-order chi connectivity index (χ1) is 2.43. The molecule has 0 atom stereocenters. The molecule has 1 aliphatic heterocycles. The van der Waals surface area contributed by atoms with Gasteiger partial charge in [-0.05, 0) is 6.42 Å². The number of hydrogen-bond donors (Lipinski definition) is 2. The molecule has 0 unspecified atom stereocenters. The van der Waals surface area contributed by atoms with Crippen molar-refractivity contribution in [2.75, 3.05) is 0 Å². The van der Waals surface area contributed by atoms with Crippen molar-refractivity contribution >= 4 is 0 Å². The molecule has 0 aromatic heterocycles. The van der Waals surface area contributed by atoms with Crippen LogP contribution >= 0.6 is 0 Å². The fourth-order valence-corrected chi connectivity index (χ4v) is 0.263. The maximum Gasteiger partial charge on any atom is 0.0830 e. The third-order valence-corrected chi connectivity index (χ3v) is 0.757. The standard InChI is InChI=1S/C3H8N2/c1-2-3-4-5-3/h3-5H,2H2,1H3. The second-order valence-corrected chi connectivity index (χ2v) is 1.25. The number of hydrogen-bond acceptors (Lipinski definition) is 2. The molecule has 2 nitrogen and oxygen atoms in total. The minimum absolute atomic E-state index is 0.634. The van der Waals surface area contributed by atoms with Crippen molar-refractivity contribution in [2.24, 2.45) is 0 Å². The van der Waals surface area contributed by atoms with Gasteiger partial charge in [-0.25, -0.2) is 10.9 Å². The van der Waals surface area contributed by atoms with Gasteiger partial charge in [0.1, 0.15) is 0 Å². The predicted molar refractivity (Wildman–Crippen MR) is 20.4 cm³/mol. The lowest BCUT2D eigenvalue weighted by Crippen LogP contribution is -1.83. The van der Waals surface area contributed by atoms with Crippen LogP contribution in [0.25, 0.3) is 0 Å². The lowest BCUT2D eigenvalue weighted by molar-refractivity contribution is 0.875. The topological polar surface area (TPSA) is 43.9 Å². The summed E-state index contributed by atoms with van der Waals surface area (Å²) >= 11 is 0. The predicted octanol–water partition coefficient (Wildman–Crippen LogP) is -0.170. The minimum atomic E-state index is 0.634. The monoisotopic (exact) mass is 72.1 g/mol. The molecule has 0 aromatic rings. The van der Waals surface area contributed by atoms with Gasteiger partial charge in [0, 0.05) is 0 Å². The Balaban J connectivity index is 2.00. The molecule has 1 aliphatic rings. The lowest BCUT2D eigenvalue weighted by atomic mass is 10.5. The normalized spacial score (nSPS) is 23.4. The fraction of sp³-hybridized carbons (Fsp3) is 1.00. The van der Waals surface area contributed by atoms with E-state index in [4.69, 9.17) is 0 Å². The van der Waals surface area contributed by atoms with E-state index < -0.39 is 0 Å². The first kappa shape index (κ1) is 3.12. The largest absolute Gasteiger partial charge is 0.238 e. The van der Waals surface area contributed by atoms with E-state index in [0.717, 1.165) is 0 Å². The molecule has 0 radical (unpaired) electrons. The van der Waals surface area contributed by atoms with Crippen LogP contribution in [0.4, 0.5) is 0 Å². The molecule has 0 bridgehead atoms. The van der Waals surface area contributed by atoms with Gasteiger partial charge in [0.2, 0.25) is 0 Å². The molecule has 0 aromatic carbocycles. The van der Waals surface area contributed by atoms with Crippen LogP contribution in [-0.4, -0.2) is 6.17 Å². The summed E-state index contributed by atoms with van der Waals surface area (Å²) in [5, 5.41) is 0. The Bertz CT molecular complexity index is 31.9. The highest BCUT2D eigenvalue weighted by atomic mass is 15.6. The Labute approximate surface area is 31.5 Å². The molecule has 1 rings (SSSR count). The van der Waals surface area contributed by atoms with Crippen molar-refractivity contribution < 1.29 is 0 Å². The Kier molecular flexibility index (Phi) is 0.596. The van der Waals surface area contributed by atoms with Gasteiger partial charge < -0.3 is 0 Å². The van der Waals surface area contributed by atoms with Crippen LogP contribution in [0, 0.1) is 0 Å². The van der Waals surface area contributed by atoms with Gasteiger partial charge in [0.25, 0.3) is 0 Å². The Morgan fingerprint density at radius 3 is 2.20 bits per heavy atom. The van der Waals surface area contributed by atoms with Crippen LogP contribution in [0.5, 0.6) is 0 Å². The first-order valence-corrected chi connectivity index (χ1v) is 1.94. The van der Waals surface area contributed by atoms with Crippen molar-refractivity contribution in [3.05, 3.63) is 0 Å². The average Bonchev–Trinajstić information content (AvgIpc) is 2.12. The third-order valence-electron chi connectivity index (χ3n) is 0.757. The molecule has 2 heteroatoms. The van der Waals surface area contributed by atoms with Crippen molar-refractivity contribution in [3.63, 3.8) is 0 Å². The van der Waals surface area contributed by atoms with Gasteiger partial charge in [-0.1, -0.05) is 6.92 Å². The van der Waals surface area contributed by atoms with Crippen molar-refractivity contribution in [1.82, 2.24) is 10.9 Å². The zero-order chi connectivity index (χ0) is 3.70. The van der Waals surface area contributed by atoms with Gasteiger partial charge in [-0.3, -0.25) is 0 Å². The van der Waals surface area contributed by atoms with E-state index in [2.05, 4.69) is 17.8 Å². The second kappa shape index (κ2) is 0.954. The maximum atomic E-state index is 2.93. The Hall–Kier alpha value is -0.0800. The second-order valence-electron chi connectivity index (χ2n) is 1.25. The molecule has 0 amide bonds. The Morgan fingerprint density at radius 2 is 2.20 bits per heavy atom.